The Kier molecular flexibility index (Phi) is 4.46. The van der Waals surface area contributed by atoms with Gasteiger partial charge in [0.1, 0.15) is 0 Å². The van der Waals surface area contributed by atoms with Gasteiger partial charge < -0.3 is 14.2 Å². The number of aromatic nitrogens is 2. The molecule has 0 spiro atoms. The van der Waals surface area contributed by atoms with Gasteiger partial charge in [0.05, 0.1) is 7.11 Å². The fourth-order valence-electron chi connectivity index (χ4n) is 1.40. The molecule has 0 N–H and O–H groups in total. The summed E-state index contributed by atoms with van der Waals surface area (Å²) in [4.78, 5) is 7.74. The molecule has 1 aromatic heterocycles. The van der Waals surface area contributed by atoms with E-state index in [9.17, 15) is 13.2 Å². The van der Waals surface area contributed by atoms with Gasteiger partial charge in [0.2, 0.25) is 5.88 Å². The second kappa shape index (κ2) is 6.29. The van der Waals surface area contributed by atoms with Gasteiger partial charge in [-0.1, -0.05) is 12.1 Å². The minimum absolute atomic E-state index is 0.0544. The van der Waals surface area contributed by atoms with Crippen LogP contribution < -0.4 is 14.2 Å². The van der Waals surface area contributed by atoms with E-state index in [2.05, 4.69) is 9.97 Å². The van der Waals surface area contributed by atoms with Gasteiger partial charge in [-0.15, -0.1) is 0 Å². The maximum atomic E-state index is 12.2. The molecule has 0 fully saturated rings. The summed E-state index contributed by atoms with van der Waals surface area (Å²) in [6.07, 6.45) is -3.03. The smallest absolute Gasteiger partial charge is 0.422 e. The van der Waals surface area contributed by atoms with E-state index >= 15 is 0 Å². The highest BCUT2D eigenvalue weighted by Crippen LogP contribution is 2.31. The van der Waals surface area contributed by atoms with Crippen LogP contribution in [0.4, 0.5) is 13.2 Å². The van der Waals surface area contributed by atoms with E-state index in [-0.39, 0.29) is 23.4 Å². The molecule has 0 aliphatic heterocycles. The van der Waals surface area contributed by atoms with Gasteiger partial charge in [0.15, 0.2) is 18.1 Å². The van der Waals surface area contributed by atoms with Crippen LogP contribution in [0, 0.1) is 0 Å². The SMILES string of the molecule is COc1ccnc(Oc2ccccc2OCC(F)(F)F)n1. The Hall–Kier alpha value is -2.51. The van der Waals surface area contributed by atoms with Crippen LogP contribution in [0.2, 0.25) is 0 Å². The molecule has 0 bridgehead atoms. The van der Waals surface area contributed by atoms with Crippen molar-refractivity contribution in [2.45, 2.75) is 6.18 Å². The zero-order chi connectivity index (χ0) is 15.3. The second-order valence-electron chi connectivity index (χ2n) is 3.83. The van der Waals surface area contributed by atoms with Crippen molar-refractivity contribution >= 4 is 0 Å². The van der Waals surface area contributed by atoms with Crippen LogP contribution in [0.25, 0.3) is 0 Å². The largest absolute Gasteiger partial charge is 0.481 e. The number of nitrogens with zero attached hydrogens (tertiary/aromatic N) is 2. The van der Waals surface area contributed by atoms with Crippen LogP contribution in [-0.4, -0.2) is 29.9 Å². The van der Waals surface area contributed by atoms with Crippen molar-refractivity contribution in [1.29, 1.82) is 0 Å². The summed E-state index contributed by atoms with van der Waals surface area (Å²) in [6.45, 7) is -1.41. The Morgan fingerprint density at radius 2 is 1.81 bits per heavy atom. The first-order valence-corrected chi connectivity index (χ1v) is 5.81. The van der Waals surface area contributed by atoms with E-state index in [1.165, 1.54) is 37.6 Å². The number of methoxy groups -OCH3 is 1. The van der Waals surface area contributed by atoms with Crippen molar-refractivity contribution in [2.75, 3.05) is 13.7 Å². The summed E-state index contributed by atoms with van der Waals surface area (Å²) in [5, 5.41) is 0. The molecule has 21 heavy (non-hydrogen) atoms. The molecule has 5 nitrogen and oxygen atoms in total. The third kappa shape index (κ3) is 4.51. The first-order chi connectivity index (χ1) is 9.98. The lowest BCUT2D eigenvalue weighted by molar-refractivity contribution is -0.153. The highest BCUT2D eigenvalue weighted by atomic mass is 19.4. The Labute approximate surface area is 118 Å². The van der Waals surface area contributed by atoms with Crippen LogP contribution in [0.3, 0.4) is 0 Å². The van der Waals surface area contributed by atoms with Crippen molar-refractivity contribution < 1.29 is 27.4 Å². The Bertz CT molecular complexity index is 605. The van der Waals surface area contributed by atoms with Gasteiger partial charge in [0, 0.05) is 12.3 Å². The van der Waals surface area contributed by atoms with Crippen LogP contribution in [0.15, 0.2) is 36.5 Å². The molecule has 0 radical (unpaired) electrons. The van der Waals surface area contributed by atoms with Crippen LogP contribution in [-0.2, 0) is 0 Å². The highest BCUT2D eigenvalue weighted by Gasteiger charge is 2.29. The third-order valence-electron chi connectivity index (χ3n) is 2.26. The lowest BCUT2D eigenvalue weighted by Crippen LogP contribution is -2.19. The summed E-state index contributed by atoms with van der Waals surface area (Å²) in [5.74, 6) is 0.296. The topological polar surface area (TPSA) is 53.5 Å². The van der Waals surface area contributed by atoms with E-state index < -0.39 is 12.8 Å². The van der Waals surface area contributed by atoms with Gasteiger partial charge in [-0.2, -0.15) is 18.2 Å². The summed E-state index contributed by atoms with van der Waals surface area (Å²) in [5.41, 5.74) is 0. The molecule has 0 aliphatic carbocycles. The third-order valence-corrected chi connectivity index (χ3v) is 2.26. The van der Waals surface area contributed by atoms with E-state index in [4.69, 9.17) is 14.2 Å². The summed E-state index contributed by atoms with van der Waals surface area (Å²) in [6, 6.07) is 7.40. The van der Waals surface area contributed by atoms with Crippen molar-refractivity contribution in [3.05, 3.63) is 36.5 Å². The summed E-state index contributed by atoms with van der Waals surface area (Å²) in [7, 11) is 1.42. The normalized spacial score (nSPS) is 11.0. The lowest BCUT2D eigenvalue weighted by Gasteiger charge is -2.12. The molecular weight excluding hydrogens is 289 g/mol. The molecule has 1 heterocycles. The molecule has 1 aromatic carbocycles. The molecule has 2 rings (SSSR count). The molecular formula is C13H11F3N2O3. The maximum Gasteiger partial charge on any atom is 0.422 e. The van der Waals surface area contributed by atoms with Crippen LogP contribution in [0.1, 0.15) is 0 Å². The van der Waals surface area contributed by atoms with Crippen LogP contribution >= 0.6 is 0 Å². The number of benzene rings is 1. The first-order valence-electron chi connectivity index (χ1n) is 5.81. The fourth-order valence-corrected chi connectivity index (χ4v) is 1.40. The molecule has 8 heteroatoms. The van der Waals surface area contributed by atoms with Gasteiger partial charge in [-0.05, 0) is 12.1 Å². The zero-order valence-electron chi connectivity index (χ0n) is 10.9. The van der Waals surface area contributed by atoms with E-state index in [0.717, 1.165) is 0 Å². The van der Waals surface area contributed by atoms with Crippen molar-refractivity contribution in [3.8, 4) is 23.4 Å². The molecule has 0 saturated carbocycles. The number of halogens is 3. The minimum atomic E-state index is -4.43. The first kappa shape index (κ1) is 14.9. The monoisotopic (exact) mass is 300 g/mol. The van der Waals surface area contributed by atoms with E-state index in [1.54, 1.807) is 6.07 Å². The highest BCUT2D eigenvalue weighted by molar-refractivity contribution is 5.41. The predicted octanol–water partition coefficient (Wildman–Crippen LogP) is 3.22. The van der Waals surface area contributed by atoms with Gasteiger partial charge in [0.25, 0.3) is 0 Å². The Balaban J connectivity index is 2.15. The molecule has 0 saturated heterocycles. The molecule has 0 atom stereocenters. The summed E-state index contributed by atoms with van der Waals surface area (Å²) < 4.78 is 51.5. The second-order valence-corrected chi connectivity index (χ2v) is 3.83. The van der Waals surface area contributed by atoms with E-state index in [0.29, 0.717) is 0 Å². The average molecular weight is 300 g/mol. The lowest BCUT2D eigenvalue weighted by atomic mass is 10.3. The maximum absolute atomic E-state index is 12.2. The number of rotatable bonds is 5. The van der Waals surface area contributed by atoms with Crippen molar-refractivity contribution in [2.24, 2.45) is 0 Å². The van der Waals surface area contributed by atoms with E-state index in [1.807, 2.05) is 0 Å². The Morgan fingerprint density at radius 3 is 2.48 bits per heavy atom. The number of ether oxygens (including phenoxy) is 3. The minimum Gasteiger partial charge on any atom is -0.481 e. The predicted molar refractivity (Wildman–Crippen MR) is 66.7 cm³/mol. The summed E-state index contributed by atoms with van der Waals surface area (Å²) >= 11 is 0. The van der Waals surface area contributed by atoms with Crippen molar-refractivity contribution in [3.63, 3.8) is 0 Å². The quantitative estimate of drug-likeness (QED) is 0.848. The van der Waals surface area contributed by atoms with Gasteiger partial charge >= 0.3 is 12.2 Å². The van der Waals surface area contributed by atoms with Gasteiger partial charge in [-0.25, -0.2) is 4.98 Å². The zero-order valence-corrected chi connectivity index (χ0v) is 10.9. The number of alkyl halides is 3. The standard InChI is InChI=1S/C13H11F3N2O3/c1-19-11-6-7-17-12(18-11)21-10-5-3-2-4-9(10)20-8-13(14,15)16/h2-7H,8H2,1H3. The molecule has 0 aliphatic rings. The molecule has 0 amide bonds. The fraction of sp³-hybridized carbons (Fsp3) is 0.231. The van der Waals surface area contributed by atoms with Crippen LogP contribution in [0.5, 0.6) is 23.4 Å². The average Bonchev–Trinajstić information content (AvgIpc) is 2.46. The Morgan fingerprint density at radius 1 is 1.10 bits per heavy atom. The number of hydrogen-bond acceptors (Lipinski definition) is 5. The van der Waals surface area contributed by atoms with Gasteiger partial charge in [-0.3, -0.25) is 0 Å². The molecule has 2 aromatic rings. The molecule has 112 valence electrons. The number of hydrogen-bond donors (Lipinski definition) is 0. The van der Waals surface area contributed by atoms with Crippen molar-refractivity contribution in [1.82, 2.24) is 9.97 Å². The molecule has 0 unspecified atom stereocenters. The number of para-hydroxylation sites is 2.